The lowest BCUT2D eigenvalue weighted by Crippen LogP contribution is -2.42. The molecule has 2 N–H and O–H groups in total. The third-order valence-electron chi connectivity index (χ3n) is 2.90. The smallest absolute Gasteiger partial charge is 0.273 e. The molecule has 1 aliphatic carbocycles. The quantitative estimate of drug-likeness (QED) is 0.736. The van der Waals surface area contributed by atoms with Crippen molar-refractivity contribution >= 4 is 5.91 Å². The van der Waals surface area contributed by atoms with Crippen molar-refractivity contribution in [1.82, 2.24) is 20.3 Å². The number of rotatable bonds is 4. The second-order valence-electron chi connectivity index (χ2n) is 4.59. The molecular weight excluding hydrogens is 208 g/mol. The van der Waals surface area contributed by atoms with Crippen molar-refractivity contribution in [2.24, 2.45) is 13.0 Å². The molecule has 1 aromatic heterocycles. The Bertz CT molecular complexity index is 395. The zero-order valence-electron chi connectivity index (χ0n) is 9.47. The minimum Gasteiger partial charge on any atom is -0.388 e. The van der Waals surface area contributed by atoms with Crippen molar-refractivity contribution in [1.29, 1.82) is 0 Å². The van der Waals surface area contributed by atoms with Crippen LogP contribution in [0, 0.1) is 5.92 Å². The van der Waals surface area contributed by atoms with Gasteiger partial charge in [-0.1, -0.05) is 5.21 Å². The fourth-order valence-corrected chi connectivity index (χ4v) is 1.65. The average Bonchev–Trinajstić information content (AvgIpc) is 2.99. The van der Waals surface area contributed by atoms with Gasteiger partial charge in [0.25, 0.3) is 5.91 Å². The zero-order valence-corrected chi connectivity index (χ0v) is 9.47. The van der Waals surface area contributed by atoms with Gasteiger partial charge in [0.15, 0.2) is 5.69 Å². The number of nitrogens with zero attached hydrogens (tertiary/aromatic N) is 3. The van der Waals surface area contributed by atoms with Crippen LogP contribution in [-0.2, 0) is 7.05 Å². The van der Waals surface area contributed by atoms with Crippen LogP contribution in [0.25, 0.3) is 0 Å². The molecule has 0 radical (unpaired) electrons. The van der Waals surface area contributed by atoms with Crippen LogP contribution in [0.5, 0.6) is 0 Å². The normalized spacial score (nSPS) is 19.2. The third kappa shape index (κ3) is 2.38. The molecule has 88 valence electrons. The predicted octanol–water partition coefficient (Wildman–Crippen LogP) is -0.294. The molecule has 1 unspecified atom stereocenters. The lowest BCUT2D eigenvalue weighted by Gasteiger charge is -2.22. The largest absolute Gasteiger partial charge is 0.388 e. The number of nitrogens with one attached hydrogen (secondary N) is 1. The Morgan fingerprint density at radius 3 is 2.94 bits per heavy atom. The van der Waals surface area contributed by atoms with Gasteiger partial charge >= 0.3 is 0 Å². The lowest BCUT2D eigenvalue weighted by molar-refractivity contribution is 0.0353. The molecule has 1 aromatic rings. The number of carbonyl (C=O) groups excluding carboxylic acids is 1. The van der Waals surface area contributed by atoms with E-state index < -0.39 is 5.60 Å². The number of aliphatic hydroxyl groups is 1. The number of carbonyl (C=O) groups is 1. The summed E-state index contributed by atoms with van der Waals surface area (Å²) >= 11 is 0. The van der Waals surface area contributed by atoms with Gasteiger partial charge in [-0.3, -0.25) is 9.48 Å². The first-order valence-electron chi connectivity index (χ1n) is 5.36. The van der Waals surface area contributed by atoms with Gasteiger partial charge in [0.2, 0.25) is 0 Å². The molecule has 1 atom stereocenters. The maximum absolute atomic E-state index is 11.6. The highest BCUT2D eigenvalue weighted by molar-refractivity contribution is 5.91. The summed E-state index contributed by atoms with van der Waals surface area (Å²) < 4.78 is 1.47. The Kier molecular flexibility index (Phi) is 2.67. The first-order chi connectivity index (χ1) is 7.49. The monoisotopic (exact) mass is 224 g/mol. The van der Waals surface area contributed by atoms with E-state index in [1.807, 2.05) is 0 Å². The third-order valence-corrected chi connectivity index (χ3v) is 2.90. The van der Waals surface area contributed by atoms with Crippen molar-refractivity contribution in [2.45, 2.75) is 25.4 Å². The topological polar surface area (TPSA) is 80.0 Å². The van der Waals surface area contributed by atoms with Gasteiger partial charge in [0.1, 0.15) is 0 Å². The van der Waals surface area contributed by atoms with E-state index in [9.17, 15) is 9.90 Å². The molecule has 2 rings (SSSR count). The maximum Gasteiger partial charge on any atom is 0.273 e. The highest BCUT2D eigenvalue weighted by Gasteiger charge is 2.40. The van der Waals surface area contributed by atoms with E-state index >= 15 is 0 Å². The van der Waals surface area contributed by atoms with E-state index in [-0.39, 0.29) is 18.1 Å². The first-order valence-corrected chi connectivity index (χ1v) is 5.36. The van der Waals surface area contributed by atoms with E-state index in [2.05, 4.69) is 15.6 Å². The van der Waals surface area contributed by atoms with Crippen LogP contribution in [0.15, 0.2) is 6.20 Å². The molecule has 1 heterocycles. The van der Waals surface area contributed by atoms with E-state index in [1.165, 1.54) is 4.68 Å². The molecule has 6 nitrogen and oxygen atoms in total. The van der Waals surface area contributed by atoms with Gasteiger partial charge in [0, 0.05) is 13.6 Å². The fourth-order valence-electron chi connectivity index (χ4n) is 1.65. The number of aryl methyl sites for hydroxylation is 1. The van der Waals surface area contributed by atoms with Gasteiger partial charge in [-0.15, -0.1) is 5.10 Å². The van der Waals surface area contributed by atoms with E-state index in [0.717, 1.165) is 12.8 Å². The van der Waals surface area contributed by atoms with Crippen LogP contribution >= 0.6 is 0 Å². The second kappa shape index (κ2) is 3.86. The Labute approximate surface area is 93.6 Å². The van der Waals surface area contributed by atoms with Crippen LogP contribution < -0.4 is 5.32 Å². The van der Waals surface area contributed by atoms with Crippen LogP contribution in [-0.4, -0.2) is 38.2 Å². The highest BCUT2D eigenvalue weighted by atomic mass is 16.3. The number of amides is 1. The Morgan fingerprint density at radius 2 is 2.44 bits per heavy atom. The summed E-state index contributed by atoms with van der Waals surface area (Å²) in [6.45, 7) is 2.01. The molecule has 0 aliphatic heterocycles. The van der Waals surface area contributed by atoms with E-state index in [0.29, 0.717) is 5.92 Å². The summed E-state index contributed by atoms with van der Waals surface area (Å²) in [5.74, 6) is 0.0173. The number of hydrogen-bond donors (Lipinski definition) is 2. The van der Waals surface area contributed by atoms with Gasteiger partial charge in [-0.05, 0) is 25.7 Å². The molecule has 1 amide bonds. The van der Waals surface area contributed by atoms with Crippen LogP contribution in [0.1, 0.15) is 30.3 Å². The molecule has 16 heavy (non-hydrogen) atoms. The van der Waals surface area contributed by atoms with Crippen molar-refractivity contribution < 1.29 is 9.90 Å². The first kappa shape index (κ1) is 11.1. The summed E-state index contributed by atoms with van der Waals surface area (Å²) in [4.78, 5) is 11.6. The molecule has 0 bridgehead atoms. The summed E-state index contributed by atoms with van der Waals surface area (Å²) in [5.41, 5.74) is -0.535. The zero-order chi connectivity index (χ0) is 11.8. The average molecular weight is 224 g/mol. The minimum atomic E-state index is -0.808. The van der Waals surface area contributed by atoms with Gasteiger partial charge in [-0.2, -0.15) is 0 Å². The number of hydrogen-bond acceptors (Lipinski definition) is 4. The molecule has 1 saturated carbocycles. The highest BCUT2D eigenvalue weighted by Crippen LogP contribution is 2.38. The van der Waals surface area contributed by atoms with Crippen molar-refractivity contribution in [3.8, 4) is 0 Å². The van der Waals surface area contributed by atoms with E-state index in [1.54, 1.807) is 20.2 Å². The summed E-state index contributed by atoms with van der Waals surface area (Å²) in [7, 11) is 1.70. The van der Waals surface area contributed by atoms with Crippen LogP contribution in [0.2, 0.25) is 0 Å². The van der Waals surface area contributed by atoms with E-state index in [4.69, 9.17) is 0 Å². The Balaban J connectivity index is 1.88. The van der Waals surface area contributed by atoms with Crippen molar-refractivity contribution in [3.63, 3.8) is 0 Å². The SMILES string of the molecule is Cn1cc(C(=O)NCC(C)(O)C2CC2)nn1. The Hall–Kier alpha value is -1.43. The summed E-state index contributed by atoms with van der Waals surface area (Å²) in [6.07, 6.45) is 3.61. The molecule has 6 heteroatoms. The van der Waals surface area contributed by atoms with Gasteiger partial charge in [0.05, 0.1) is 11.8 Å². The number of aromatic nitrogens is 3. The molecule has 0 spiro atoms. The standard InChI is InChI=1S/C10H16N4O2/c1-10(16,7-3-4-7)6-11-9(15)8-5-14(2)13-12-8/h5,7,16H,3-4,6H2,1-2H3,(H,11,15). The van der Waals surface area contributed by atoms with Gasteiger partial charge in [-0.25, -0.2) is 0 Å². The van der Waals surface area contributed by atoms with Gasteiger partial charge < -0.3 is 10.4 Å². The van der Waals surface area contributed by atoms with Crippen molar-refractivity contribution in [3.05, 3.63) is 11.9 Å². The predicted molar refractivity (Wildman–Crippen MR) is 56.7 cm³/mol. The van der Waals surface area contributed by atoms with Crippen LogP contribution in [0.3, 0.4) is 0 Å². The molecule has 1 fully saturated rings. The molecular formula is C10H16N4O2. The van der Waals surface area contributed by atoms with Crippen molar-refractivity contribution in [2.75, 3.05) is 6.54 Å². The summed E-state index contributed by atoms with van der Waals surface area (Å²) in [6, 6.07) is 0. The Morgan fingerprint density at radius 1 is 1.75 bits per heavy atom. The maximum atomic E-state index is 11.6. The lowest BCUT2D eigenvalue weighted by atomic mass is 10.0. The molecule has 0 aromatic carbocycles. The van der Waals surface area contributed by atoms with Crippen LogP contribution in [0.4, 0.5) is 0 Å². The fraction of sp³-hybridized carbons (Fsp3) is 0.700. The minimum absolute atomic E-state index is 0.257. The summed E-state index contributed by atoms with van der Waals surface area (Å²) in [5, 5.41) is 20.0. The second-order valence-corrected chi connectivity index (χ2v) is 4.59. The molecule has 1 aliphatic rings. The molecule has 0 saturated heterocycles.